The zero-order chi connectivity index (χ0) is 23.7. The highest BCUT2D eigenvalue weighted by Gasteiger charge is 2.24. The second-order valence-corrected chi connectivity index (χ2v) is 9.81. The predicted octanol–water partition coefficient (Wildman–Crippen LogP) is 2.52. The number of hydrogen-bond donors (Lipinski definition) is 1. The second-order valence-electron chi connectivity index (χ2n) is 8.06. The van der Waals surface area contributed by atoms with Gasteiger partial charge >= 0.3 is 0 Å². The van der Waals surface area contributed by atoms with E-state index in [0.717, 1.165) is 60.7 Å². The number of anilines is 3. The van der Waals surface area contributed by atoms with Crippen molar-refractivity contribution in [3.63, 3.8) is 0 Å². The third kappa shape index (κ3) is 4.34. The summed E-state index contributed by atoms with van der Waals surface area (Å²) >= 11 is 0. The molecule has 10 nitrogen and oxygen atoms in total. The van der Waals surface area contributed by atoms with Crippen LogP contribution in [0.4, 0.5) is 17.2 Å². The van der Waals surface area contributed by atoms with E-state index < -0.39 is 10.0 Å². The lowest BCUT2D eigenvalue weighted by molar-refractivity contribution is 0.413. The summed E-state index contributed by atoms with van der Waals surface area (Å²) in [5, 5.41) is 5.45. The van der Waals surface area contributed by atoms with Gasteiger partial charge in [0, 0.05) is 26.2 Å². The first kappa shape index (κ1) is 22.0. The molecule has 0 saturated carbocycles. The van der Waals surface area contributed by atoms with Gasteiger partial charge < -0.3 is 14.5 Å². The molecule has 0 atom stereocenters. The van der Waals surface area contributed by atoms with Gasteiger partial charge in [-0.05, 0) is 30.3 Å². The number of nitrogens with one attached hydrogen (secondary N) is 1. The van der Waals surface area contributed by atoms with Gasteiger partial charge in [-0.1, -0.05) is 18.2 Å². The first-order valence-corrected chi connectivity index (χ1v) is 12.7. The monoisotopic (exact) mass is 479 g/mol. The average Bonchev–Trinajstić information content (AvgIpc) is 3.28. The van der Waals surface area contributed by atoms with Crippen molar-refractivity contribution in [1.82, 2.24) is 19.7 Å². The molecule has 1 saturated heterocycles. The Balaban J connectivity index is 1.38. The standard InChI is InChI=1S/C23H25N7O3S/c1-33-21-9-8-17(27-34(2,31)32)14-20(21)28-10-12-29(13-11-28)22-19-15-26-30(23(19)25-16-24-22)18-6-4-3-5-7-18/h3-9,14-16,27H,10-13H2,1-2H3. The fourth-order valence-corrected chi connectivity index (χ4v) is 4.77. The Hall–Kier alpha value is -3.86. The van der Waals surface area contributed by atoms with Gasteiger partial charge in [0.1, 0.15) is 17.9 Å². The molecule has 0 spiro atoms. The van der Waals surface area contributed by atoms with Crippen molar-refractivity contribution in [2.75, 3.05) is 54.1 Å². The number of sulfonamides is 1. The van der Waals surface area contributed by atoms with Gasteiger partial charge in [0.25, 0.3) is 0 Å². The van der Waals surface area contributed by atoms with Gasteiger partial charge in [-0.2, -0.15) is 5.10 Å². The Morgan fingerprint density at radius 1 is 0.971 bits per heavy atom. The van der Waals surface area contributed by atoms with Crippen molar-refractivity contribution in [2.45, 2.75) is 0 Å². The van der Waals surface area contributed by atoms with E-state index in [1.807, 2.05) is 47.3 Å². The minimum absolute atomic E-state index is 0.506. The van der Waals surface area contributed by atoms with E-state index in [4.69, 9.17) is 4.74 Å². The highest BCUT2D eigenvalue weighted by molar-refractivity contribution is 7.92. The van der Waals surface area contributed by atoms with Gasteiger partial charge in [0.05, 0.1) is 42.0 Å². The SMILES string of the molecule is COc1ccc(NS(C)(=O)=O)cc1N1CCN(c2ncnc3c2cnn3-c2ccccc2)CC1. The molecule has 1 fully saturated rings. The van der Waals surface area contributed by atoms with Crippen LogP contribution in [0.2, 0.25) is 0 Å². The van der Waals surface area contributed by atoms with Gasteiger partial charge in [0.2, 0.25) is 10.0 Å². The molecule has 0 radical (unpaired) electrons. The van der Waals surface area contributed by atoms with E-state index >= 15 is 0 Å². The summed E-state index contributed by atoms with van der Waals surface area (Å²) in [5.41, 5.74) is 3.06. The lowest BCUT2D eigenvalue weighted by Gasteiger charge is -2.37. The summed E-state index contributed by atoms with van der Waals surface area (Å²) in [5.74, 6) is 1.55. The van der Waals surface area contributed by atoms with E-state index in [1.54, 1.807) is 25.6 Å². The number of nitrogens with zero attached hydrogens (tertiary/aromatic N) is 6. The number of aromatic nitrogens is 4. The fourth-order valence-electron chi connectivity index (χ4n) is 4.22. The molecule has 11 heteroatoms. The molecular formula is C23H25N7O3S. The Bertz CT molecular complexity index is 1420. The van der Waals surface area contributed by atoms with E-state index in [1.165, 1.54) is 0 Å². The van der Waals surface area contributed by atoms with Crippen molar-refractivity contribution in [1.29, 1.82) is 0 Å². The quantitative estimate of drug-likeness (QED) is 0.450. The number of piperazine rings is 1. The molecule has 4 aromatic rings. The zero-order valence-corrected chi connectivity index (χ0v) is 19.7. The van der Waals surface area contributed by atoms with Crippen LogP contribution in [0.15, 0.2) is 61.1 Å². The molecule has 2 aromatic heterocycles. The van der Waals surface area contributed by atoms with Gasteiger partial charge in [0.15, 0.2) is 5.65 Å². The summed E-state index contributed by atoms with van der Waals surface area (Å²) in [7, 11) is -1.76. The van der Waals surface area contributed by atoms with Crippen LogP contribution >= 0.6 is 0 Å². The van der Waals surface area contributed by atoms with Crippen molar-refractivity contribution in [3.8, 4) is 11.4 Å². The molecule has 1 N–H and O–H groups in total. The van der Waals surface area contributed by atoms with Crippen molar-refractivity contribution < 1.29 is 13.2 Å². The molecule has 0 amide bonds. The number of benzene rings is 2. The van der Waals surface area contributed by atoms with Crippen LogP contribution in [-0.2, 0) is 10.0 Å². The summed E-state index contributed by atoms with van der Waals surface area (Å²) in [6.07, 6.45) is 4.53. The molecular weight excluding hydrogens is 454 g/mol. The van der Waals surface area contributed by atoms with E-state index in [9.17, 15) is 8.42 Å². The number of ether oxygens (including phenoxy) is 1. The summed E-state index contributed by atoms with van der Waals surface area (Å²) in [6, 6.07) is 15.2. The van der Waals surface area contributed by atoms with E-state index in [0.29, 0.717) is 11.4 Å². The molecule has 3 heterocycles. The molecule has 176 valence electrons. The first-order valence-electron chi connectivity index (χ1n) is 10.8. The number of para-hydroxylation sites is 1. The van der Waals surface area contributed by atoms with Gasteiger partial charge in [-0.15, -0.1) is 0 Å². The van der Waals surface area contributed by atoms with Crippen molar-refractivity contribution in [3.05, 3.63) is 61.1 Å². The topological polar surface area (TPSA) is 105 Å². The average molecular weight is 480 g/mol. The molecule has 2 aromatic carbocycles. The molecule has 0 aliphatic carbocycles. The Morgan fingerprint density at radius 2 is 1.71 bits per heavy atom. The van der Waals surface area contributed by atoms with Crippen LogP contribution in [0.25, 0.3) is 16.7 Å². The maximum absolute atomic E-state index is 11.7. The molecule has 1 aliphatic rings. The summed E-state index contributed by atoms with van der Waals surface area (Å²) < 4.78 is 33.2. The third-order valence-corrected chi connectivity index (χ3v) is 6.35. The minimum Gasteiger partial charge on any atom is -0.495 e. The maximum atomic E-state index is 11.7. The first-order chi connectivity index (χ1) is 16.4. The normalized spacial score (nSPS) is 14.4. The zero-order valence-electron chi connectivity index (χ0n) is 18.9. The highest BCUT2D eigenvalue weighted by atomic mass is 32.2. The van der Waals surface area contributed by atoms with Crippen molar-refractivity contribution in [2.24, 2.45) is 0 Å². The smallest absolute Gasteiger partial charge is 0.229 e. The molecule has 5 rings (SSSR count). The summed E-state index contributed by atoms with van der Waals surface area (Å²) in [6.45, 7) is 2.90. The number of methoxy groups -OCH3 is 1. The van der Waals surface area contributed by atoms with E-state index in [-0.39, 0.29) is 0 Å². The molecule has 0 unspecified atom stereocenters. The molecule has 1 aliphatic heterocycles. The van der Waals surface area contributed by atoms with Crippen LogP contribution < -0.4 is 19.3 Å². The number of hydrogen-bond acceptors (Lipinski definition) is 8. The Labute approximate surface area is 197 Å². The second kappa shape index (κ2) is 8.82. The third-order valence-electron chi connectivity index (χ3n) is 5.75. The largest absolute Gasteiger partial charge is 0.495 e. The van der Waals surface area contributed by atoms with Crippen LogP contribution in [0.5, 0.6) is 5.75 Å². The van der Waals surface area contributed by atoms with E-state index in [2.05, 4.69) is 29.6 Å². The summed E-state index contributed by atoms with van der Waals surface area (Å²) in [4.78, 5) is 13.5. The number of fused-ring (bicyclic) bond motifs is 1. The Kier molecular flexibility index (Phi) is 5.70. The minimum atomic E-state index is -3.37. The highest BCUT2D eigenvalue weighted by Crippen LogP contribution is 2.33. The molecule has 34 heavy (non-hydrogen) atoms. The maximum Gasteiger partial charge on any atom is 0.229 e. The lowest BCUT2D eigenvalue weighted by Crippen LogP contribution is -2.47. The van der Waals surface area contributed by atoms with Gasteiger partial charge in [-0.25, -0.2) is 23.1 Å². The Morgan fingerprint density at radius 3 is 2.41 bits per heavy atom. The van der Waals surface area contributed by atoms with Crippen LogP contribution in [0.3, 0.4) is 0 Å². The number of rotatable bonds is 6. The predicted molar refractivity (Wildman–Crippen MR) is 133 cm³/mol. The lowest BCUT2D eigenvalue weighted by atomic mass is 10.2. The van der Waals surface area contributed by atoms with Crippen LogP contribution in [0.1, 0.15) is 0 Å². The fraction of sp³-hybridized carbons (Fsp3) is 0.261. The molecule has 0 bridgehead atoms. The van der Waals surface area contributed by atoms with Crippen LogP contribution in [-0.4, -0.2) is 67.7 Å². The van der Waals surface area contributed by atoms with Crippen LogP contribution in [0, 0.1) is 0 Å². The van der Waals surface area contributed by atoms with Crippen molar-refractivity contribution >= 4 is 38.2 Å². The van der Waals surface area contributed by atoms with Gasteiger partial charge in [-0.3, -0.25) is 4.72 Å².